The predicted octanol–water partition coefficient (Wildman–Crippen LogP) is 7.40. The molecule has 2 aliphatic heterocycles. The van der Waals surface area contributed by atoms with Crippen molar-refractivity contribution in [1.29, 1.82) is 0 Å². The molecule has 3 aromatic carbocycles. The second-order valence-electron chi connectivity index (χ2n) is 14.2. The molecule has 0 radical (unpaired) electrons. The van der Waals surface area contributed by atoms with E-state index < -0.39 is 0 Å². The molecular formula is C41H46N4O5. The lowest BCUT2D eigenvalue weighted by molar-refractivity contribution is 0.0429. The summed E-state index contributed by atoms with van der Waals surface area (Å²) in [6.07, 6.45) is 6.23. The van der Waals surface area contributed by atoms with Gasteiger partial charge in [-0.2, -0.15) is 0 Å². The van der Waals surface area contributed by atoms with Crippen molar-refractivity contribution in [3.8, 4) is 17.0 Å². The van der Waals surface area contributed by atoms with Crippen LogP contribution in [0.4, 0.5) is 10.5 Å². The molecule has 1 fully saturated rings. The first-order valence-corrected chi connectivity index (χ1v) is 17.8. The van der Waals surface area contributed by atoms with Crippen molar-refractivity contribution >= 4 is 23.6 Å². The third-order valence-corrected chi connectivity index (χ3v) is 10.9. The van der Waals surface area contributed by atoms with Gasteiger partial charge in [0.25, 0.3) is 11.8 Å². The van der Waals surface area contributed by atoms with Crippen molar-refractivity contribution in [1.82, 2.24) is 14.4 Å². The summed E-state index contributed by atoms with van der Waals surface area (Å²) in [6, 6.07) is 20.7. The van der Waals surface area contributed by atoms with Crippen LogP contribution in [0.15, 0.2) is 66.7 Å². The molecule has 3 aliphatic rings. The van der Waals surface area contributed by atoms with Crippen LogP contribution in [0.2, 0.25) is 0 Å². The van der Waals surface area contributed by atoms with Gasteiger partial charge in [0.15, 0.2) is 0 Å². The SMILES string of the molecule is Cc1cc(C(=O)N(C)c2ccc(O)cc2)c(-c2cc3c(cc2C(=O)N2Cc4ccccc4C[C@H]2C)CN(C(=O)OC2CCCCC2)CC3)n1C. The summed E-state index contributed by atoms with van der Waals surface area (Å²) in [5.74, 6) is -0.198. The number of ether oxygens (including phenoxy) is 1. The van der Waals surface area contributed by atoms with E-state index in [4.69, 9.17) is 4.74 Å². The Morgan fingerprint density at radius 3 is 2.32 bits per heavy atom. The van der Waals surface area contributed by atoms with E-state index in [0.29, 0.717) is 54.1 Å². The van der Waals surface area contributed by atoms with Crippen LogP contribution in [-0.4, -0.2) is 63.1 Å². The third-order valence-electron chi connectivity index (χ3n) is 10.9. The first-order chi connectivity index (χ1) is 24.1. The highest BCUT2D eigenvalue weighted by Crippen LogP contribution is 2.37. The van der Waals surface area contributed by atoms with E-state index in [2.05, 4.69) is 25.1 Å². The van der Waals surface area contributed by atoms with Crippen LogP contribution in [0.3, 0.4) is 0 Å². The average Bonchev–Trinajstić information content (AvgIpc) is 3.43. The third kappa shape index (κ3) is 6.37. The molecule has 1 atom stereocenters. The number of aromatic nitrogens is 1. The first kappa shape index (κ1) is 33.4. The lowest BCUT2D eigenvalue weighted by Gasteiger charge is -2.36. The van der Waals surface area contributed by atoms with Crippen molar-refractivity contribution in [2.75, 3.05) is 18.5 Å². The maximum atomic E-state index is 14.9. The predicted molar refractivity (Wildman–Crippen MR) is 193 cm³/mol. The minimum atomic E-state index is -0.288. The van der Waals surface area contributed by atoms with Gasteiger partial charge in [0, 0.05) is 62.3 Å². The molecule has 7 rings (SSSR count). The molecule has 0 unspecified atom stereocenters. The van der Waals surface area contributed by atoms with Gasteiger partial charge in [-0.25, -0.2) is 4.79 Å². The Morgan fingerprint density at radius 2 is 1.58 bits per heavy atom. The van der Waals surface area contributed by atoms with E-state index in [9.17, 15) is 19.5 Å². The Kier molecular flexibility index (Phi) is 9.16. The van der Waals surface area contributed by atoms with Crippen molar-refractivity contribution < 1.29 is 24.2 Å². The molecule has 3 heterocycles. The van der Waals surface area contributed by atoms with Crippen LogP contribution in [0, 0.1) is 6.92 Å². The Labute approximate surface area is 294 Å². The summed E-state index contributed by atoms with van der Waals surface area (Å²) in [5.41, 5.74) is 8.28. The number of phenolic OH excluding ortho intramolecular Hbond substituents is 1. The summed E-state index contributed by atoms with van der Waals surface area (Å²) < 4.78 is 7.93. The van der Waals surface area contributed by atoms with Gasteiger partial charge in [0.1, 0.15) is 11.9 Å². The number of phenols is 1. The average molecular weight is 675 g/mol. The number of hydrogen-bond acceptors (Lipinski definition) is 5. The van der Waals surface area contributed by atoms with Gasteiger partial charge in [-0.15, -0.1) is 0 Å². The molecule has 0 saturated heterocycles. The van der Waals surface area contributed by atoms with Gasteiger partial charge in [-0.1, -0.05) is 30.7 Å². The number of fused-ring (bicyclic) bond motifs is 2. The number of anilines is 1. The largest absolute Gasteiger partial charge is 0.508 e. The van der Waals surface area contributed by atoms with Gasteiger partial charge < -0.3 is 29.1 Å². The van der Waals surface area contributed by atoms with Gasteiger partial charge >= 0.3 is 6.09 Å². The highest BCUT2D eigenvalue weighted by atomic mass is 16.6. The van der Waals surface area contributed by atoms with E-state index >= 15 is 0 Å². The van der Waals surface area contributed by atoms with Crippen LogP contribution in [0.1, 0.15) is 87.7 Å². The molecule has 50 heavy (non-hydrogen) atoms. The lowest BCUT2D eigenvalue weighted by Crippen LogP contribution is -2.43. The minimum Gasteiger partial charge on any atom is -0.508 e. The molecule has 1 aliphatic carbocycles. The van der Waals surface area contributed by atoms with Gasteiger partial charge in [-0.3, -0.25) is 9.59 Å². The van der Waals surface area contributed by atoms with E-state index in [1.807, 2.05) is 47.7 Å². The zero-order valence-electron chi connectivity index (χ0n) is 29.4. The van der Waals surface area contributed by atoms with Crippen molar-refractivity contribution in [2.24, 2.45) is 7.05 Å². The fourth-order valence-corrected chi connectivity index (χ4v) is 7.84. The molecule has 9 nitrogen and oxygen atoms in total. The van der Waals surface area contributed by atoms with E-state index in [0.717, 1.165) is 54.5 Å². The van der Waals surface area contributed by atoms with E-state index in [1.165, 1.54) is 12.0 Å². The molecular weight excluding hydrogens is 628 g/mol. The van der Waals surface area contributed by atoms with Gasteiger partial charge in [0.05, 0.1) is 11.3 Å². The molecule has 9 heteroatoms. The topological polar surface area (TPSA) is 95.3 Å². The van der Waals surface area contributed by atoms with E-state index in [1.54, 1.807) is 41.1 Å². The summed E-state index contributed by atoms with van der Waals surface area (Å²) in [4.78, 5) is 47.7. The standard InChI is InChI=1S/C41H46N4O5/c1-26-21-37(39(47)43(4)32-14-16-33(46)17-15-32)38(42(26)3)35-22-29-18-19-44(41(49)50-34-12-6-5-7-13-34)24-31(29)23-36(35)40(48)45-25-30-11-9-8-10-28(30)20-27(45)2/h8-11,14-17,21-23,27,34,46H,5-7,12-13,18-20,24-25H2,1-4H3/t27-/m1/s1. The number of aromatic hydroxyl groups is 1. The lowest BCUT2D eigenvalue weighted by atomic mass is 9.89. The fourth-order valence-electron chi connectivity index (χ4n) is 7.84. The van der Waals surface area contributed by atoms with Gasteiger partial charge in [0.2, 0.25) is 0 Å². The first-order valence-electron chi connectivity index (χ1n) is 17.8. The zero-order chi connectivity index (χ0) is 35.1. The Bertz CT molecular complexity index is 1940. The second kappa shape index (κ2) is 13.7. The number of rotatable bonds is 5. The summed E-state index contributed by atoms with van der Waals surface area (Å²) >= 11 is 0. The van der Waals surface area contributed by atoms with Crippen molar-refractivity contribution in [3.05, 3.63) is 106 Å². The van der Waals surface area contributed by atoms with Crippen LogP contribution in [-0.2, 0) is 37.7 Å². The second-order valence-corrected chi connectivity index (χ2v) is 14.2. The Balaban J connectivity index is 1.29. The molecule has 0 bridgehead atoms. The maximum absolute atomic E-state index is 14.9. The molecule has 1 N–H and O–H groups in total. The van der Waals surface area contributed by atoms with Crippen LogP contribution in [0.5, 0.6) is 5.75 Å². The molecule has 1 aromatic heterocycles. The van der Waals surface area contributed by atoms with Crippen molar-refractivity contribution in [2.45, 2.75) is 84.0 Å². The summed E-state index contributed by atoms with van der Waals surface area (Å²) in [7, 11) is 3.64. The number of carbonyl (C=O) groups is 3. The minimum absolute atomic E-state index is 0.0277. The van der Waals surface area contributed by atoms with Crippen LogP contribution >= 0.6 is 0 Å². The monoisotopic (exact) mass is 674 g/mol. The molecule has 3 amide bonds. The summed E-state index contributed by atoms with van der Waals surface area (Å²) in [6.45, 7) is 5.42. The molecule has 260 valence electrons. The van der Waals surface area contributed by atoms with Crippen LogP contribution in [0.25, 0.3) is 11.3 Å². The number of nitrogens with zero attached hydrogens (tertiary/aromatic N) is 4. The molecule has 0 spiro atoms. The fraction of sp³-hybridized carbons (Fsp3) is 0.390. The number of hydrogen-bond donors (Lipinski definition) is 1. The summed E-state index contributed by atoms with van der Waals surface area (Å²) in [5, 5.41) is 9.84. The zero-order valence-corrected chi connectivity index (χ0v) is 29.4. The van der Waals surface area contributed by atoms with Crippen LogP contribution < -0.4 is 4.90 Å². The normalized spacial score (nSPS) is 17.6. The Hall–Kier alpha value is -5.05. The highest BCUT2D eigenvalue weighted by Gasteiger charge is 2.34. The number of benzene rings is 3. The smallest absolute Gasteiger partial charge is 0.410 e. The Morgan fingerprint density at radius 1 is 0.860 bits per heavy atom. The number of carbonyl (C=O) groups excluding carboxylic acids is 3. The highest BCUT2D eigenvalue weighted by molar-refractivity contribution is 6.12. The maximum Gasteiger partial charge on any atom is 0.410 e. The number of aryl methyl sites for hydroxylation is 1. The number of amides is 3. The van der Waals surface area contributed by atoms with E-state index in [-0.39, 0.29) is 35.8 Å². The quantitative estimate of drug-likeness (QED) is 0.238. The van der Waals surface area contributed by atoms with Gasteiger partial charge in [-0.05, 0) is 117 Å². The van der Waals surface area contributed by atoms with Crippen molar-refractivity contribution in [3.63, 3.8) is 0 Å². The molecule has 1 saturated carbocycles. The molecule has 4 aromatic rings.